The molecule has 2 aromatic heterocycles. The maximum absolute atomic E-state index is 5.97. The number of nitrogens with one attached hydrogen (secondary N) is 2. The van der Waals surface area contributed by atoms with Crippen LogP contribution in [0.1, 0.15) is 5.56 Å². The Morgan fingerprint density at radius 2 is 1.76 bits per heavy atom. The predicted octanol–water partition coefficient (Wildman–Crippen LogP) is 4.16. The van der Waals surface area contributed by atoms with E-state index in [1.54, 1.807) is 24.5 Å². The van der Waals surface area contributed by atoms with Gasteiger partial charge in [-0.25, -0.2) is 9.97 Å². The minimum absolute atomic E-state index is 0.248. The van der Waals surface area contributed by atoms with E-state index < -0.39 is 0 Å². The SMILES string of the molecule is Clc1ccc(Nc2nc(NCc3ccc4c(c3)OCO4)nc3nccnc23)cc1. The van der Waals surface area contributed by atoms with Crippen molar-refractivity contribution >= 4 is 40.2 Å². The van der Waals surface area contributed by atoms with Crippen LogP contribution in [0, 0.1) is 0 Å². The molecular weight excluding hydrogens is 392 g/mol. The Morgan fingerprint density at radius 3 is 2.66 bits per heavy atom. The van der Waals surface area contributed by atoms with Crippen LogP contribution in [0.5, 0.6) is 11.5 Å². The van der Waals surface area contributed by atoms with E-state index >= 15 is 0 Å². The van der Waals surface area contributed by atoms with Gasteiger partial charge < -0.3 is 20.1 Å². The lowest BCUT2D eigenvalue weighted by atomic mass is 10.2. The highest BCUT2D eigenvalue weighted by molar-refractivity contribution is 6.30. The number of rotatable bonds is 5. The molecule has 3 heterocycles. The second kappa shape index (κ2) is 7.40. The zero-order valence-electron chi connectivity index (χ0n) is 15.1. The van der Waals surface area contributed by atoms with Crippen molar-refractivity contribution in [2.24, 2.45) is 0 Å². The highest BCUT2D eigenvalue weighted by Crippen LogP contribution is 2.32. The molecule has 0 saturated heterocycles. The number of nitrogens with zero attached hydrogens (tertiary/aromatic N) is 4. The summed E-state index contributed by atoms with van der Waals surface area (Å²) >= 11 is 5.97. The van der Waals surface area contributed by atoms with Gasteiger partial charge in [0.25, 0.3) is 0 Å². The van der Waals surface area contributed by atoms with Crippen LogP contribution in [0.4, 0.5) is 17.5 Å². The van der Waals surface area contributed by atoms with Crippen LogP contribution < -0.4 is 20.1 Å². The van der Waals surface area contributed by atoms with E-state index in [0.29, 0.717) is 34.5 Å². The van der Waals surface area contributed by atoms with E-state index in [1.807, 2.05) is 30.3 Å². The smallest absolute Gasteiger partial charge is 0.231 e. The van der Waals surface area contributed by atoms with E-state index in [9.17, 15) is 0 Å². The van der Waals surface area contributed by atoms with Crippen molar-refractivity contribution in [3.63, 3.8) is 0 Å². The van der Waals surface area contributed by atoms with Crippen molar-refractivity contribution in [2.75, 3.05) is 17.4 Å². The highest BCUT2D eigenvalue weighted by Gasteiger charge is 2.14. The summed E-state index contributed by atoms with van der Waals surface area (Å²) in [6.07, 6.45) is 3.21. The van der Waals surface area contributed by atoms with Crippen LogP contribution in [0.25, 0.3) is 11.2 Å². The molecule has 0 bridgehead atoms. The number of fused-ring (bicyclic) bond motifs is 2. The van der Waals surface area contributed by atoms with Gasteiger partial charge in [0.2, 0.25) is 12.7 Å². The third-order valence-corrected chi connectivity index (χ3v) is 4.58. The van der Waals surface area contributed by atoms with Crippen molar-refractivity contribution in [1.29, 1.82) is 0 Å². The topological polar surface area (TPSA) is 94.1 Å². The Morgan fingerprint density at radius 1 is 0.931 bits per heavy atom. The third-order valence-electron chi connectivity index (χ3n) is 4.33. The monoisotopic (exact) mass is 406 g/mol. The van der Waals surface area contributed by atoms with Crippen molar-refractivity contribution in [3.8, 4) is 11.5 Å². The Hall–Kier alpha value is -3.65. The molecule has 5 rings (SSSR count). The number of benzene rings is 2. The number of anilines is 3. The van der Waals surface area contributed by atoms with Crippen molar-refractivity contribution in [1.82, 2.24) is 19.9 Å². The van der Waals surface area contributed by atoms with Gasteiger partial charge in [-0.1, -0.05) is 17.7 Å². The lowest BCUT2D eigenvalue weighted by Gasteiger charge is -2.11. The Bertz CT molecular complexity index is 1190. The van der Waals surface area contributed by atoms with Gasteiger partial charge in [0.15, 0.2) is 28.5 Å². The van der Waals surface area contributed by atoms with Gasteiger partial charge in [-0.15, -0.1) is 0 Å². The van der Waals surface area contributed by atoms with Gasteiger partial charge in [-0.05, 0) is 42.0 Å². The summed E-state index contributed by atoms with van der Waals surface area (Å²) in [6, 6.07) is 13.1. The molecule has 29 heavy (non-hydrogen) atoms. The minimum Gasteiger partial charge on any atom is -0.454 e. The number of halogens is 1. The van der Waals surface area contributed by atoms with E-state index in [4.69, 9.17) is 21.1 Å². The quantitative estimate of drug-likeness (QED) is 0.510. The third kappa shape index (κ3) is 3.70. The molecule has 0 spiro atoms. The molecule has 0 saturated carbocycles. The Labute approximate surface area is 170 Å². The first-order chi connectivity index (χ1) is 14.2. The predicted molar refractivity (Wildman–Crippen MR) is 110 cm³/mol. The largest absolute Gasteiger partial charge is 0.454 e. The highest BCUT2D eigenvalue weighted by atomic mass is 35.5. The average molecular weight is 407 g/mol. The second-order valence-electron chi connectivity index (χ2n) is 6.30. The maximum Gasteiger partial charge on any atom is 0.231 e. The summed E-state index contributed by atoms with van der Waals surface area (Å²) in [5, 5.41) is 7.15. The summed E-state index contributed by atoms with van der Waals surface area (Å²) in [7, 11) is 0. The molecule has 0 atom stereocenters. The van der Waals surface area contributed by atoms with E-state index in [1.165, 1.54) is 0 Å². The fourth-order valence-electron chi connectivity index (χ4n) is 2.93. The van der Waals surface area contributed by atoms with Crippen LogP contribution in [-0.4, -0.2) is 26.7 Å². The van der Waals surface area contributed by atoms with Gasteiger partial charge in [0.05, 0.1) is 0 Å². The molecule has 9 heteroatoms. The van der Waals surface area contributed by atoms with Gasteiger partial charge in [-0.2, -0.15) is 9.97 Å². The van der Waals surface area contributed by atoms with E-state index in [2.05, 4.69) is 30.6 Å². The molecule has 0 fully saturated rings. The van der Waals surface area contributed by atoms with E-state index in [0.717, 1.165) is 22.7 Å². The van der Waals surface area contributed by atoms with Crippen molar-refractivity contribution in [2.45, 2.75) is 6.54 Å². The standard InChI is InChI=1S/C20H15ClN6O2/c21-13-2-4-14(5-3-13)25-19-17-18(23-8-7-22-17)26-20(27-19)24-10-12-1-6-15-16(9-12)29-11-28-15/h1-9H,10-11H2,(H2,23,24,25,26,27). The van der Waals surface area contributed by atoms with E-state index in [-0.39, 0.29) is 6.79 Å². The van der Waals surface area contributed by atoms with Crippen LogP contribution >= 0.6 is 11.6 Å². The molecule has 2 aromatic carbocycles. The number of hydrogen-bond acceptors (Lipinski definition) is 8. The number of aromatic nitrogens is 4. The summed E-state index contributed by atoms with van der Waals surface area (Å²) in [4.78, 5) is 17.7. The molecule has 4 aromatic rings. The first-order valence-electron chi connectivity index (χ1n) is 8.88. The maximum atomic E-state index is 5.97. The van der Waals surface area contributed by atoms with Crippen molar-refractivity contribution in [3.05, 3.63) is 65.4 Å². The molecule has 8 nitrogen and oxygen atoms in total. The van der Waals surface area contributed by atoms with Crippen LogP contribution in [-0.2, 0) is 6.54 Å². The van der Waals surface area contributed by atoms with Gasteiger partial charge in [0, 0.05) is 29.6 Å². The average Bonchev–Trinajstić information content (AvgIpc) is 3.22. The first kappa shape index (κ1) is 17.4. The van der Waals surface area contributed by atoms with Gasteiger partial charge in [0.1, 0.15) is 0 Å². The summed E-state index contributed by atoms with van der Waals surface area (Å²) in [5.74, 6) is 2.48. The Kier molecular flexibility index (Phi) is 4.45. The molecule has 1 aliphatic rings. The molecular formula is C20H15ClN6O2. The molecule has 0 aliphatic carbocycles. The summed E-state index contributed by atoms with van der Waals surface area (Å²) < 4.78 is 10.8. The van der Waals surface area contributed by atoms with Crippen LogP contribution in [0.15, 0.2) is 54.9 Å². The minimum atomic E-state index is 0.248. The normalized spacial score (nSPS) is 12.2. The second-order valence-corrected chi connectivity index (χ2v) is 6.73. The number of hydrogen-bond donors (Lipinski definition) is 2. The molecule has 1 aliphatic heterocycles. The fourth-order valence-corrected chi connectivity index (χ4v) is 3.06. The molecule has 144 valence electrons. The lowest BCUT2D eigenvalue weighted by molar-refractivity contribution is 0.174. The lowest BCUT2D eigenvalue weighted by Crippen LogP contribution is -2.07. The van der Waals surface area contributed by atoms with Crippen LogP contribution in [0.2, 0.25) is 5.02 Å². The van der Waals surface area contributed by atoms with Gasteiger partial charge in [-0.3, -0.25) is 0 Å². The summed E-state index contributed by atoms with van der Waals surface area (Å²) in [5.41, 5.74) is 2.93. The zero-order chi connectivity index (χ0) is 19.6. The summed E-state index contributed by atoms with van der Waals surface area (Å²) in [6.45, 7) is 0.765. The molecule has 0 unspecified atom stereocenters. The molecule has 0 amide bonds. The van der Waals surface area contributed by atoms with Gasteiger partial charge >= 0.3 is 0 Å². The zero-order valence-corrected chi connectivity index (χ0v) is 15.8. The number of ether oxygens (including phenoxy) is 2. The fraction of sp³-hybridized carbons (Fsp3) is 0.100. The molecule has 0 radical (unpaired) electrons. The molecule has 2 N–H and O–H groups in total. The van der Waals surface area contributed by atoms with Crippen LogP contribution in [0.3, 0.4) is 0 Å². The first-order valence-corrected chi connectivity index (χ1v) is 9.26. The van der Waals surface area contributed by atoms with Crippen molar-refractivity contribution < 1.29 is 9.47 Å². The Balaban J connectivity index is 1.42.